The molecule has 0 radical (unpaired) electrons. The van der Waals surface area contributed by atoms with Gasteiger partial charge in [-0.15, -0.1) is 5.92 Å². The topological polar surface area (TPSA) is 26.0 Å². The molecular formula is C11H13N. The van der Waals surface area contributed by atoms with E-state index in [-0.39, 0.29) is 0 Å². The smallest absolute Gasteiger partial charge is 0.0277 e. The van der Waals surface area contributed by atoms with Crippen LogP contribution < -0.4 is 5.73 Å². The lowest BCUT2D eigenvalue weighted by atomic mass is 10.1. The van der Waals surface area contributed by atoms with Gasteiger partial charge >= 0.3 is 0 Å². The molecule has 0 saturated carbocycles. The van der Waals surface area contributed by atoms with Crippen LogP contribution in [0, 0.1) is 11.8 Å². The van der Waals surface area contributed by atoms with Gasteiger partial charge in [0.2, 0.25) is 0 Å². The predicted octanol–water partition coefficient (Wildman–Crippen LogP) is 1.56. The Hall–Kier alpha value is -1.26. The van der Waals surface area contributed by atoms with Crippen molar-refractivity contribution in [2.75, 3.05) is 6.54 Å². The Balaban J connectivity index is 2.97. The van der Waals surface area contributed by atoms with E-state index in [0.717, 1.165) is 12.0 Å². The number of nitrogens with two attached hydrogens (primary N) is 1. The highest BCUT2D eigenvalue weighted by Crippen LogP contribution is 2.06. The first-order chi connectivity index (χ1) is 5.88. The second-order valence-electron chi connectivity index (χ2n) is 2.57. The lowest BCUT2D eigenvalue weighted by Crippen LogP contribution is -2.03. The van der Waals surface area contributed by atoms with Crippen LogP contribution in [0.15, 0.2) is 24.3 Å². The van der Waals surface area contributed by atoms with Crippen molar-refractivity contribution < 1.29 is 0 Å². The molecule has 0 aromatic heterocycles. The van der Waals surface area contributed by atoms with E-state index in [4.69, 9.17) is 5.73 Å². The first kappa shape index (κ1) is 8.83. The molecule has 1 heteroatoms. The molecule has 0 amide bonds. The number of benzene rings is 1. The monoisotopic (exact) mass is 159 g/mol. The molecule has 62 valence electrons. The van der Waals surface area contributed by atoms with E-state index in [1.165, 1.54) is 5.56 Å². The van der Waals surface area contributed by atoms with Crippen LogP contribution >= 0.6 is 0 Å². The van der Waals surface area contributed by atoms with Crippen LogP contribution in [0.4, 0.5) is 0 Å². The molecule has 0 bridgehead atoms. The summed E-state index contributed by atoms with van der Waals surface area (Å²) >= 11 is 0. The average molecular weight is 159 g/mol. The Kier molecular flexibility index (Phi) is 3.37. The lowest BCUT2D eigenvalue weighted by molar-refractivity contribution is 0.965. The highest BCUT2D eigenvalue weighted by atomic mass is 14.5. The van der Waals surface area contributed by atoms with E-state index in [1.807, 2.05) is 25.1 Å². The summed E-state index contributed by atoms with van der Waals surface area (Å²) in [5, 5.41) is 0. The van der Waals surface area contributed by atoms with Crippen LogP contribution in [0.5, 0.6) is 0 Å². The van der Waals surface area contributed by atoms with E-state index in [2.05, 4.69) is 17.9 Å². The summed E-state index contributed by atoms with van der Waals surface area (Å²) in [7, 11) is 0. The lowest BCUT2D eigenvalue weighted by Gasteiger charge is -2.00. The van der Waals surface area contributed by atoms with Crippen LogP contribution in [-0.2, 0) is 6.42 Å². The average Bonchev–Trinajstić information content (AvgIpc) is 2.09. The number of hydrogen-bond donors (Lipinski definition) is 1. The molecule has 0 saturated heterocycles. The maximum Gasteiger partial charge on any atom is 0.0277 e. The Labute approximate surface area is 73.6 Å². The van der Waals surface area contributed by atoms with Crippen molar-refractivity contribution in [3.8, 4) is 11.8 Å². The van der Waals surface area contributed by atoms with Crippen molar-refractivity contribution in [3.05, 3.63) is 35.4 Å². The minimum absolute atomic E-state index is 0.683. The highest BCUT2D eigenvalue weighted by Gasteiger charge is 1.95. The maximum absolute atomic E-state index is 5.48. The number of hydrogen-bond acceptors (Lipinski definition) is 1. The van der Waals surface area contributed by atoms with Crippen LogP contribution in [0.25, 0.3) is 0 Å². The van der Waals surface area contributed by atoms with Crippen molar-refractivity contribution >= 4 is 0 Å². The maximum atomic E-state index is 5.48. The molecule has 0 aliphatic carbocycles. The van der Waals surface area contributed by atoms with E-state index < -0.39 is 0 Å². The molecule has 1 nitrogen and oxygen atoms in total. The molecule has 1 aromatic carbocycles. The molecule has 2 N–H and O–H groups in total. The summed E-state index contributed by atoms with van der Waals surface area (Å²) < 4.78 is 0. The Bertz CT molecular complexity index is 304. The quantitative estimate of drug-likeness (QED) is 0.651. The van der Waals surface area contributed by atoms with E-state index >= 15 is 0 Å². The van der Waals surface area contributed by atoms with Crippen molar-refractivity contribution in [2.24, 2.45) is 5.73 Å². The molecule has 1 aromatic rings. The van der Waals surface area contributed by atoms with Gasteiger partial charge in [-0.25, -0.2) is 0 Å². The third-order valence-corrected chi connectivity index (χ3v) is 1.69. The van der Waals surface area contributed by atoms with Crippen molar-refractivity contribution in [1.82, 2.24) is 0 Å². The van der Waals surface area contributed by atoms with Gasteiger partial charge in [-0.1, -0.05) is 24.1 Å². The zero-order valence-electron chi connectivity index (χ0n) is 7.30. The molecule has 0 heterocycles. The third-order valence-electron chi connectivity index (χ3n) is 1.69. The van der Waals surface area contributed by atoms with Gasteiger partial charge in [-0.05, 0) is 31.5 Å². The fourth-order valence-corrected chi connectivity index (χ4v) is 1.15. The van der Waals surface area contributed by atoms with Gasteiger partial charge in [0.05, 0.1) is 0 Å². The van der Waals surface area contributed by atoms with Gasteiger partial charge in [0.1, 0.15) is 0 Å². The summed E-state index contributed by atoms with van der Waals surface area (Å²) in [6.07, 6.45) is 0.908. The molecule has 0 aliphatic heterocycles. The molecule has 0 spiro atoms. The minimum Gasteiger partial charge on any atom is -0.330 e. The van der Waals surface area contributed by atoms with Crippen molar-refractivity contribution in [3.63, 3.8) is 0 Å². The van der Waals surface area contributed by atoms with E-state index in [9.17, 15) is 0 Å². The molecule has 0 atom stereocenters. The van der Waals surface area contributed by atoms with Gasteiger partial charge < -0.3 is 5.73 Å². The second-order valence-corrected chi connectivity index (χ2v) is 2.57. The van der Waals surface area contributed by atoms with Crippen LogP contribution in [-0.4, -0.2) is 6.54 Å². The normalized spacial score (nSPS) is 8.83. The van der Waals surface area contributed by atoms with Crippen LogP contribution in [0.1, 0.15) is 18.1 Å². The van der Waals surface area contributed by atoms with Gasteiger partial charge in [-0.2, -0.15) is 0 Å². The van der Waals surface area contributed by atoms with Crippen LogP contribution in [0.3, 0.4) is 0 Å². The fraction of sp³-hybridized carbons (Fsp3) is 0.273. The summed E-state index contributed by atoms with van der Waals surface area (Å²) in [6.45, 7) is 2.53. The van der Waals surface area contributed by atoms with Gasteiger partial charge in [-0.3, -0.25) is 0 Å². The van der Waals surface area contributed by atoms with Gasteiger partial charge in [0.25, 0.3) is 0 Å². The van der Waals surface area contributed by atoms with E-state index in [0.29, 0.717) is 6.54 Å². The Morgan fingerprint density at radius 2 is 2.08 bits per heavy atom. The zero-order valence-corrected chi connectivity index (χ0v) is 7.30. The summed E-state index contributed by atoms with van der Waals surface area (Å²) in [5.74, 6) is 5.95. The highest BCUT2D eigenvalue weighted by molar-refractivity contribution is 5.41. The third kappa shape index (κ3) is 2.11. The standard InChI is InChI=1S/C11H13N/c1-2-5-10-6-3-4-7-11(10)8-9-12/h3-4,6-7H,8-9,12H2,1H3. The Morgan fingerprint density at radius 3 is 2.75 bits per heavy atom. The first-order valence-corrected chi connectivity index (χ1v) is 4.09. The molecule has 1 rings (SSSR count). The predicted molar refractivity (Wildman–Crippen MR) is 51.8 cm³/mol. The molecule has 12 heavy (non-hydrogen) atoms. The number of rotatable bonds is 2. The molecular weight excluding hydrogens is 146 g/mol. The molecule has 0 fully saturated rings. The summed E-state index contributed by atoms with van der Waals surface area (Å²) in [4.78, 5) is 0. The van der Waals surface area contributed by atoms with Gasteiger partial charge in [0, 0.05) is 5.56 Å². The largest absolute Gasteiger partial charge is 0.330 e. The second kappa shape index (κ2) is 4.58. The molecule has 0 unspecified atom stereocenters. The fourth-order valence-electron chi connectivity index (χ4n) is 1.15. The SMILES string of the molecule is CC#Cc1ccccc1CCN. The minimum atomic E-state index is 0.683. The van der Waals surface area contributed by atoms with Gasteiger partial charge in [0.15, 0.2) is 0 Å². The molecule has 0 aliphatic rings. The van der Waals surface area contributed by atoms with Crippen LogP contribution in [0.2, 0.25) is 0 Å². The van der Waals surface area contributed by atoms with Crippen molar-refractivity contribution in [2.45, 2.75) is 13.3 Å². The van der Waals surface area contributed by atoms with E-state index in [1.54, 1.807) is 0 Å². The zero-order chi connectivity index (χ0) is 8.81. The summed E-state index contributed by atoms with van der Waals surface area (Å²) in [6, 6.07) is 8.12. The Morgan fingerprint density at radius 1 is 1.33 bits per heavy atom. The summed E-state index contributed by atoms with van der Waals surface area (Å²) in [5.41, 5.74) is 7.82. The van der Waals surface area contributed by atoms with Crippen molar-refractivity contribution in [1.29, 1.82) is 0 Å². The first-order valence-electron chi connectivity index (χ1n) is 4.09.